The molecule has 52 heavy (non-hydrogen) atoms. The summed E-state index contributed by atoms with van der Waals surface area (Å²) in [6.45, 7) is 0. The van der Waals surface area contributed by atoms with Crippen LogP contribution in [-0.4, -0.2) is 0 Å². The first-order valence-corrected chi connectivity index (χ1v) is 17.8. The van der Waals surface area contributed by atoms with E-state index in [4.69, 9.17) is 4.42 Å². The maximum atomic E-state index is 6.50. The SMILES string of the molecule is c1ccc(-c2ccc(N(c3cccc(-c4cccc5ccccc45)c3)c3ccccc3-c3ccc4oc5c6ccccc6ccc5c4c3)cc2)cc1. The second-order valence-electron chi connectivity index (χ2n) is 13.3. The van der Waals surface area contributed by atoms with Crippen LogP contribution in [0.4, 0.5) is 17.1 Å². The van der Waals surface area contributed by atoms with Crippen LogP contribution in [-0.2, 0) is 0 Å². The lowest BCUT2D eigenvalue weighted by Crippen LogP contribution is -2.11. The summed E-state index contributed by atoms with van der Waals surface area (Å²) in [5.41, 5.74) is 12.2. The average Bonchev–Trinajstić information content (AvgIpc) is 3.60. The van der Waals surface area contributed by atoms with Gasteiger partial charge >= 0.3 is 0 Å². The normalized spacial score (nSPS) is 11.5. The molecular formula is C50H33NO. The van der Waals surface area contributed by atoms with E-state index in [1.807, 2.05) is 0 Å². The van der Waals surface area contributed by atoms with Crippen molar-refractivity contribution in [2.45, 2.75) is 0 Å². The molecule has 2 heteroatoms. The zero-order valence-electron chi connectivity index (χ0n) is 28.4. The molecule has 0 fully saturated rings. The van der Waals surface area contributed by atoms with Gasteiger partial charge in [0, 0.05) is 33.1 Å². The van der Waals surface area contributed by atoms with E-state index in [9.17, 15) is 0 Å². The van der Waals surface area contributed by atoms with Gasteiger partial charge in [-0.3, -0.25) is 0 Å². The van der Waals surface area contributed by atoms with Crippen molar-refractivity contribution in [2.24, 2.45) is 0 Å². The maximum Gasteiger partial charge on any atom is 0.143 e. The number of rotatable bonds is 6. The van der Waals surface area contributed by atoms with Crippen molar-refractivity contribution in [1.82, 2.24) is 0 Å². The summed E-state index contributed by atoms with van der Waals surface area (Å²) < 4.78 is 6.50. The van der Waals surface area contributed by atoms with Gasteiger partial charge in [-0.05, 0) is 92.5 Å². The lowest BCUT2D eigenvalue weighted by molar-refractivity contribution is 0.672. The van der Waals surface area contributed by atoms with Crippen molar-refractivity contribution in [1.29, 1.82) is 0 Å². The van der Waals surface area contributed by atoms with Gasteiger partial charge in [-0.25, -0.2) is 0 Å². The Bertz CT molecular complexity index is 2900. The highest BCUT2D eigenvalue weighted by Gasteiger charge is 2.19. The fourth-order valence-corrected chi connectivity index (χ4v) is 7.74. The standard InChI is InChI=1S/C50H33NO/c1-2-12-34(13-3-1)35-24-28-40(29-25-35)51(41-18-10-17-38(32-41)43-22-11-16-36-14-4-6-19-42(36)43)48-23-9-8-20-44(48)39-27-31-49-47(33-39)46-30-26-37-15-5-7-21-45(37)50(46)52-49/h1-33H. The molecule has 0 spiro atoms. The van der Waals surface area contributed by atoms with Crippen molar-refractivity contribution < 1.29 is 4.42 Å². The van der Waals surface area contributed by atoms with Crippen molar-refractivity contribution in [3.63, 3.8) is 0 Å². The van der Waals surface area contributed by atoms with Crippen LogP contribution in [0.5, 0.6) is 0 Å². The van der Waals surface area contributed by atoms with Crippen LogP contribution in [0.25, 0.3) is 76.9 Å². The lowest BCUT2D eigenvalue weighted by Gasteiger charge is -2.28. The Hall–Kier alpha value is -6.90. The Kier molecular flexibility index (Phi) is 7.18. The molecule has 0 atom stereocenters. The third-order valence-corrected chi connectivity index (χ3v) is 10.3. The average molecular weight is 664 g/mol. The van der Waals surface area contributed by atoms with Gasteiger partial charge in [0.1, 0.15) is 11.2 Å². The van der Waals surface area contributed by atoms with Crippen LogP contribution >= 0.6 is 0 Å². The molecule has 0 amide bonds. The minimum absolute atomic E-state index is 0.892. The Labute approximate surface area is 302 Å². The molecule has 0 unspecified atom stereocenters. The van der Waals surface area contributed by atoms with E-state index in [1.165, 1.54) is 38.4 Å². The number of anilines is 3. The second-order valence-corrected chi connectivity index (χ2v) is 13.3. The number of nitrogens with zero attached hydrogens (tertiary/aromatic N) is 1. The van der Waals surface area contributed by atoms with Crippen LogP contribution in [0.3, 0.4) is 0 Å². The van der Waals surface area contributed by atoms with Crippen molar-refractivity contribution in [3.8, 4) is 33.4 Å². The quantitative estimate of drug-likeness (QED) is 0.176. The Balaban J connectivity index is 1.15. The van der Waals surface area contributed by atoms with E-state index >= 15 is 0 Å². The predicted molar refractivity (Wildman–Crippen MR) is 220 cm³/mol. The zero-order valence-corrected chi connectivity index (χ0v) is 28.4. The molecule has 0 aliphatic carbocycles. The molecule has 0 radical (unpaired) electrons. The second kappa shape index (κ2) is 12.5. The van der Waals surface area contributed by atoms with Gasteiger partial charge in [0.2, 0.25) is 0 Å². The topological polar surface area (TPSA) is 16.4 Å². The lowest BCUT2D eigenvalue weighted by atomic mass is 9.96. The zero-order chi connectivity index (χ0) is 34.4. The van der Waals surface area contributed by atoms with E-state index in [1.54, 1.807) is 0 Å². The van der Waals surface area contributed by atoms with E-state index in [-0.39, 0.29) is 0 Å². The summed E-state index contributed by atoms with van der Waals surface area (Å²) in [6, 6.07) is 71.7. The number of hydrogen-bond donors (Lipinski definition) is 0. The van der Waals surface area contributed by atoms with Crippen LogP contribution < -0.4 is 4.90 Å². The van der Waals surface area contributed by atoms with Crippen LogP contribution in [0.15, 0.2) is 205 Å². The van der Waals surface area contributed by atoms with E-state index in [0.29, 0.717) is 0 Å². The van der Waals surface area contributed by atoms with Gasteiger partial charge < -0.3 is 9.32 Å². The Morgan fingerprint density at radius 2 is 0.942 bits per heavy atom. The first-order valence-electron chi connectivity index (χ1n) is 17.8. The fraction of sp³-hybridized carbons (Fsp3) is 0. The molecule has 244 valence electrons. The molecule has 0 aliphatic rings. The van der Waals surface area contributed by atoms with Gasteiger partial charge in [0.05, 0.1) is 5.69 Å². The Morgan fingerprint density at radius 1 is 0.327 bits per heavy atom. The fourth-order valence-electron chi connectivity index (χ4n) is 7.74. The molecule has 9 aromatic carbocycles. The van der Waals surface area contributed by atoms with Crippen LogP contribution in [0, 0.1) is 0 Å². The predicted octanol–water partition coefficient (Wildman–Crippen LogP) is 14.4. The van der Waals surface area contributed by atoms with Crippen molar-refractivity contribution >= 4 is 60.5 Å². The summed E-state index contributed by atoms with van der Waals surface area (Å²) in [5, 5.41) is 7.04. The highest BCUT2D eigenvalue weighted by atomic mass is 16.3. The molecule has 0 saturated carbocycles. The van der Waals surface area contributed by atoms with E-state index < -0.39 is 0 Å². The monoisotopic (exact) mass is 663 g/mol. The highest BCUT2D eigenvalue weighted by Crippen LogP contribution is 2.44. The number of para-hydroxylation sites is 1. The number of benzene rings is 9. The minimum Gasteiger partial charge on any atom is -0.455 e. The first-order chi connectivity index (χ1) is 25.8. The smallest absolute Gasteiger partial charge is 0.143 e. The largest absolute Gasteiger partial charge is 0.455 e. The molecule has 1 heterocycles. The van der Waals surface area contributed by atoms with Gasteiger partial charge in [-0.1, -0.05) is 152 Å². The highest BCUT2D eigenvalue weighted by molar-refractivity contribution is 6.15. The van der Waals surface area contributed by atoms with Gasteiger partial charge in [-0.15, -0.1) is 0 Å². The van der Waals surface area contributed by atoms with Gasteiger partial charge in [0.25, 0.3) is 0 Å². The molecule has 1 aromatic heterocycles. The first kappa shape index (κ1) is 30.0. The number of fused-ring (bicyclic) bond motifs is 6. The molecule has 0 saturated heterocycles. The van der Waals surface area contributed by atoms with Crippen molar-refractivity contribution in [3.05, 3.63) is 200 Å². The van der Waals surface area contributed by atoms with Crippen LogP contribution in [0.2, 0.25) is 0 Å². The number of furan rings is 1. The molecular weight excluding hydrogens is 631 g/mol. The van der Waals surface area contributed by atoms with Gasteiger partial charge in [0.15, 0.2) is 0 Å². The molecule has 0 aliphatic heterocycles. The van der Waals surface area contributed by atoms with Gasteiger partial charge in [-0.2, -0.15) is 0 Å². The van der Waals surface area contributed by atoms with Crippen molar-refractivity contribution in [2.75, 3.05) is 4.90 Å². The summed E-state index contributed by atoms with van der Waals surface area (Å²) in [7, 11) is 0. The summed E-state index contributed by atoms with van der Waals surface area (Å²) in [6.07, 6.45) is 0. The summed E-state index contributed by atoms with van der Waals surface area (Å²) in [4.78, 5) is 2.39. The molecule has 10 rings (SSSR count). The summed E-state index contributed by atoms with van der Waals surface area (Å²) in [5.74, 6) is 0. The molecule has 2 nitrogen and oxygen atoms in total. The minimum atomic E-state index is 0.892. The summed E-state index contributed by atoms with van der Waals surface area (Å²) >= 11 is 0. The third kappa shape index (κ3) is 5.12. The van der Waals surface area contributed by atoms with E-state index in [2.05, 4.69) is 205 Å². The van der Waals surface area contributed by atoms with E-state index in [0.717, 1.165) is 55.5 Å². The number of hydrogen-bond acceptors (Lipinski definition) is 2. The molecule has 0 N–H and O–H groups in total. The Morgan fingerprint density at radius 3 is 1.81 bits per heavy atom. The molecule has 0 bridgehead atoms. The molecule has 10 aromatic rings. The third-order valence-electron chi connectivity index (χ3n) is 10.3. The van der Waals surface area contributed by atoms with Crippen LogP contribution in [0.1, 0.15) is 0 Å². The maximum absolute atomic E-state index is 6.50.